The molecule has 0 saturated heterocycles. The molecule has 0 spiro atoms. The maximum absolute atomic E-state index is 3.59. The molecule has 1 aromatic rings. The molecule has 0 nitrogen and oxygen atoms in total. The Labute approximate surface area is 77.7 Å². The molecule has 0 unspecified atom stereocenters. The van der Waals surface area contributed by atoms with Gasteiger partial charge in [-0.15, -0.1) is 6.58 Å². The summed E-state index contributed by atoms with van der Waals surface area (Å²) in [4.78, 5) is 1.19. The summed E-state index contributed by atoms with van der Waals surface area (Å²) < 4.78 is 0. The van der Waals surface area contributed by atoms with Crippen molar-refractivity contribution in [3.05, 3.63) is 43.0 Å². The molecule has 1 aromatic carbocycles. The van der Waals surface area contributed by atoms with E-state index in [9.17, 15) is 0 Å². The third kappa shape index (κ3) is 3.32. The van der Waals surface area contributed by atoms with Crippen LogP contribution in [0.15, 0.2) is 47.9 Å². The van der Waals surface area contributed by atoms with Gasteiger partial charge in [0.1, 0.15) is 0 Å². The summed E-state index contributed by atoms with van der Waals surface area (Å²) in [6, 6.07) is 10.1. The summed E-state index contributed by atoms with van der Waals surface area (Å²) in [5.74, 6) is 2.98. The molecule has 0 amide bonds. The molecule has 1 rings (SSSR count). The maximum Gasteiger partial charge on any atom is 0.0276 e. The van der Waals surface area contributed by atoms with E-state index in [1.54, 1.807) is 17.8 Å². The lowest BCUT2D eigenvalue weighted by molar-refractivity contribution is 1.47. The summed E-state index contributed by atoms with van der Waals surface area (Å²) in [7, 11) is 0. The molecule has 0 heterocycles. The van der Waals surface area contributed by atoms with Gasteiger partial charge in [-0.25, -0.2) is 0 Å². The van der Waals surface area contributed by atoms with E-state index in [1.807, 2.05) is 30.3 Å². The van der Waals surface area contributed by atoms with Crippen molar-refractivity contribution in [1.29, 1.82) is 0 Å². The summed E-state index contributed by atoms with van der Waals surface area (Å²) in [6.45, 7) is 3.59. The van der Waals surface area contributed by atoms with Gasteiger partial charge in [-0.2, -0.15) is 0 Å². The molecule has 0 atom stereocenters. The number of rotatable bonds is 2. The van der Waals surface area contributed by atoms with Crippen LogP contribution in [0.5, 0.6) is 0 Å². The van der Waals surface area contributed by atoms with E-state index in [-0.39, 0.29) is 0 Å². The molecular weight excluding hydrogens is 164 g/mol. The number of hydrogen-bond acceptors (Lipinski definition) is 1. The van der Waals surface area contributed by atoms with Gasteiger partial charge in [-0.05, 0) is 29.1 Å². The average Bonchev–Trinajstić information content (AvgIpc) is 2.14. The number of allylic oxidation sites excluding steroid dienone is 1. The second-order valence-electron chi connectivity index (χ2n) is 2.19. The van der Waals surface area contributed by atoms with Gasteiger partial charge in [0.25, 0.3) is 0 Å². The molecule has 0 aliphatic heterocycles. The normalized spacial score (nSPS) is 8.33. The summed E-state index contributed by atoms with van der Waals surface area (Å²) in [5, 5.41) is 3.00. The number of benzene rings is 1. The summed E-state index contributed by atoms with van der Waals surface area (Å²) >= 11 is 1.55. The second kappa shape index (κ2) is 5.51. The molecule has 0 aromatic heterocycles. The number of thioether (sulfide) groups is 1. The van der Waals surface area contributed by atoms with Gasteiger partial charge < -0.3 is 0 Å². The van der Waals surface area contributed by atoms with Crippen molar-refractivity contribution in [2.24, 2.45) is 0 Å². The highest BCUT2D eigenvalue weighted by Gasteiger charge is 1.84. The van der Waals surface area contributed by atoms with E-state index < -0.39 is 0 Å². The fourth-order valence-electron chi connectivity index (χ4n) is 0.697. The summed E-state index contributed by atoms with van der Waals surface area (Å²) in [5.41, 5.74) is 0. The molecular formula is C11H10S. The van der Waals surface area contributed by atoms with Gasteiger partial charge in [0.15, 0.2) is 0 Å². The zero-order valence-corrected chi connectivity index (χ0v) is 7.60. The maximum atomic E-state index is 3.59. The van der Waals surface area contributed by atoms with Gasteiger partial charge in [0, 0.05) is 11.3 Å². The van der Waals surface area contributed by atoms with Crippen molar-refractivity contribution in [2.45, 2.75) is 11.3 Å². The van der Waals surface area contributed by atoms with Crippen LogP contribution < -0.4 is 0 Å². The molecule has 0 N–H and O–H groups in total. The third-order valence-electron chi connectivity index (χ3n) is 1.23. The van der Waals surface area contributed by atoms with E-state index in [1.165, 1.54) is 4.90 Å². The Hall–Kier alpha value is -1.13. The minimum absolute atomic E-state index is 0.764. The van der Waals surface area contributed by atoms with Crippen molar-refractivity contribution in [3.8, 4) is 11.2 Å². The van der Waals surface area contributed by atoms with Gasteiger partial charge in [0.2, 0.25) is 0 Å². The highest BCUT2D eigenvalue weighted by molar-refractivity contribution is 8.03. The Morgan fingerprint density at radius 2 is 2.08 bits per heavy atom. The van der Waals surface area contributed by atoms with Crippen LogP contribution in [0, 0.1) is 11.2 Å². The zero-order chi connectivity index (χ0) is 8.65. The van der Waals surface area contributed by atoms with Crippen molar-refractivity contribution < 1.29 is 0 Å². The smallest absolute Gasteiger partial charge is 0.0276 e. The minimum atomic E-state index is 0.764. The Morgan fingerprint density at radius 1 is 1.33 bits per heavy atom. The van der Waals surface area contributed by atoms with E-state index in [2.05, 4.69) is 17.8 Å². The Morgan fingerprint density at radius 3 is 2.75 bits per heavy atom. The molecule has 0 radical (unpaired) electrons. The van der Waals surface area contributed by atoms with Gasteiger partial charge >= 0.3 is 0 Å². The van der Waals surface area contributed by atoms with Gasteiger partial charge in [0.05, 0.1) is 0 Å². The molecule has 0 aliphatic carbocycles. The largest absolute Gasteiger partial charge is 0.102 e. The molecule has 0 bridgehead atoms. The minimum Gasteiger partial charge on any atom is -0.102 e. The monoisotopic (exact) mass is 174 g/mol. The predicted octanol–water partition coefficient (Wildman–Crippen LogP) is 3.32. The number of hydrogen-bond donors (Lipinski definition) is 0. The van der Waals surface area contributed by atoms with Crippen LogP contribution in [0.1, 0.15) is 6.42 Å². The topological polar surface area (TPSA) is 0 Å². The predicted molar refractivity (Wildman–Crippen MR) is 54.9 cm³/mol. The van der Waals surface area contributed by atoms with Crippen molar-refractivity contribution in [2.75, 3.05) is 0 Å². The zero-order valence-electron chi connectivity index (χ0n) is 6.79. The van der Waals surface area contributed by atoms with Crippen LogP contribution in [0.4, 0.5) is 0 Å². The highest BCUT2D eigenvalue weighted by atomic mass is 32.2. The molecule has 0 aliphatic rings. The fourth-order valence-corrected chi connectivity index (χ4v) is 1.26. The first-order chi connectivity index (χ1) is 5.93. The van der Waals surface area contributed by atoms with Crippen molar-refractivity contribution in [3.63, 3.8) is 0 Å². The van der Waals surface area contributed by atoms with Crippen LogP contribution >= 0.6 is 11.8 Å². The van der Waals surface area contributed by atoms with Crippen LogP contribution in [0.25, 0.3) is 0 Å². The SMILES string of the molecule is C=CCC#CSc1ccccc1. The van der Waals surface area contributed by atoms with Crippen LogP contribution in [0.2, 0.25) is 0 Å². The van der Waals surface area contributed by atoms with E-state index >= 15 is 0 Å². The molecule has 60 valence electrons. The second-order valence-corrected chi connectivity index (χ2v) is 3.07. The third-order valence-corrected chi connectivity index (χ3v) is 1.98. The molecule has 12 heavy (non-hydrogen) atoms. The van der Waals surface area contributed by atoms with Gasteiger partial charge in [-0.3, -0.25) is 0 Å². The van der Waals surface area contributed by atoms with Crippen LogP contribution in [-0.4, -0.2) is 0 Å². The first-order valence-electron chi connectivity index (χ1n) is 3.74. The molecule has 0 fully saturated rings. The van der Waals surface area contributed by atoms with Crippen molar-refractivity contribution in [1.82, 2.24) is 0 Å². The highest BCUT2D eigenvalue weighted by Crippen LogP contribution is 2.14. The summed E-state index contributed by atoms with van der Waals surface area (Å²) in [6.07, 6.45) is 2.57. The van der Waals surface area contributed by atoms with Crippen LogP contribution in [-0.2, 0) is 0 Å². The average molecular weight is 174 g/mol. The van der Waals surface area contributed by atoms with E-state index in [4.69, 9.17) is 0 Å². The quantitative estimate of drug-likeness (QED) is 0.376. The van der Waals surface area contributed by atoms with E-state index in [0.29, 0.717) is 0 Å². The molecule has 1 heteroatoms. The first-order valence-corrected chi connectivity index (χ1v) is 4.56. The Kier molecular flexibility index (Phi) is 4.12. The lowest BCUT2D eigenvalue weighted by atomic mass is 10.4. The van der Waals surface area contributed by atoms with E-state index in [0.717, 1.165) is 6.42 Å². The van der Waals surface area contributed by atoms with Crippen molar-refractivity contribution >= 4 is 11.8 Å². The first kappa shape index (κ1) is 8.96. The lowest BCUT2D eigenvalue weighted by Crippen LogP contribution is -1.64. The lowest BCUT2D eigenvalue weighted by Gasteiger charge is -1.89. The molecule has 0 saturated carbocycles. The Balaban J connectivity index is 2.44. The Bertz CT molecular complexity index is 290. The standard InChI is InChI=1S/C11H10S/c1-2-3-7-10-12-11-8-5-4-6-9-11/h2,4-6,8-9H,1,3H2. The van der Waals surface area contributed by atoms with Gasteiger partial charge in [-0.1, -0.05) is 30.2 Å². The fraction of sp³-hybridized carbons (Fsp3) is 0.0909. The van der Waals surface area contributed by atoms with Crippen LogP contribution in [0.3, 0.4) is 0 Å².